The number of methoxy groups -OCH3 is 2. The van der Waals surface area contributed by atoms with Gasteiger partial charge >= 0.3 is 0 Å². The molecule has 2 aromatic carbocycles. The Labute approximate surface area is 133 Å². The summed E-state index contributed by atoms with van der Waals surface area (Å²) in [5, 5.41) is 0.440. The Morgan fingerprint density at radius 2 is 1.52 bits per heavy atom. The third-order valence-corrected chi connectivity index (χ3v) is 3.30. The van der Waals surface area contributed by atoms with Crippen molar-refractivity contribution in [1.29, 1.82) is 0 Å². The molecule has 0 heterocycles. The summed E-state index contributed by atoms with van der Waals surface area (Å²) in [4.78, 5) is 0.245. The van der Waals surface area contributed by atoms with Gasteiger partial charge in [0.25, 0.3) is 0 Å². The van der Waals surface area contributed by atoms with Gasteiger partial charge in [0.05, 0.1) is 19.2 Å². The third kappa shape index (κ3) is 3.77. The summed E-state index contributed by atoms with van der Waals surface area (Å²) >= 11 is 11.0. The van der Waals surface area contributed by atoms with Crippen molar-refractivity contribution < 1.29 is 14.2 Å². The average Bonchev–Trinajstić information content (AvgIpc) is 2.46. The first kappa shape index (κ1) is 15.4. The van der Waals surface area contributed by atoms with Gasteiger partial charge in [0, 0.05) is 29.8 Å². The van der Waals surface area contributed by atoms with E-state index in [0.29, 0.717) is 33.6 Å². The summed E-state index contributed by atoms with van der Waals surface area (Å²) in [5.41, 5.74) is 6.18. The fourth-order valence-corrected chi connectivity index (χ4v) is 2.24. The van der Waals surface area contributed by atoms with Crippen molar-refractivity contribution >= 4 is 28.8 Å². The molecule has 4 nitrogen and oxygen atoms in total. The molecular weight excluding hydrogens is 310 g/mol. The van der Waals surface area contributed by atoms with Gasteiger partial charge in [-0.3, -0.25) is 0 Å². The molecule has 2 N–H and O–H groups in total. The van der Waals surface area contributed by atoms with E-state index in [0.717, 1.165) is 0 Å². The van der Waals surface area contributed by atoms with Gasteiger partial charge in [0.2, 0.25) is 0 Å². The summed E-state index contributed by atoms with van der Waals surface area (Å²) in [6.07, 6.45) is 0. The average molecular weight is 324 g/mol. The number of ether oxygens (including phenoxy) is 3. The molecule has 2 aromatic rings. The van der Waals surface area contributed by atoms with Gasteiger partial charge in [0.1, 0.15) is 28.0 Å². The maximum absolute atomic E-state index is 6.11. The molecule has 0 aromatic heterocycles. The van der Waals surface area contributed by atoms with Gasteiger partial charge in [-0.25, -0.2) is 0 Å². The highest BCUT2D eigenvalue weighted by Gasteiger charge is 2.08. The van der Waals surface area contributed by atoms with Crippen LogP contribution < -0.4 is 19.9 Å². The Kier molecular flexibility index (Phi) is 4.88. The van der Waals surface area contributed by atoms with Crippen molar-refractivity contribution in [1.82, 2.24) is 0 Å². The van der Waals surface area contributed by atoms with Crippen LogP contribution in [0.2, 0.25) is 5.02 Å². The topological polar surface area (TPSA) is 53.7 Å². The highest BCUT2D eigenvalue weighted by atomic mass is 35.5. The number of thiocarbonyl (C=S) groups is 1. The zero-order valence-corrected chi connectivity index (χ0v) is 13.1. The van der Waals surface area contributed by atoms with Crippen LogP contribution in [0.3, 0.4) is 0 Å². The van der Waals surface area contributed by atoms with Crippen molar-refractivity contribution in [2.75, 3.05) is 14.2 Å². The molecule has 21 heavy (non-hydrogen) atoms. The van der Waals surface area contributed by atoms with Crippen molar-refractivity contribution in [3.63, 3.8) is 0 Å². The van der Waals surface area contributed by atoms with E-state index in [2.05, 4.69) is 0 Å². The van der Waals surface area contributed by atoms with Crippen LogP contribution in [-0.2, 0) is 0 Å². The molecule has 0 fully saturated rings. The summed E-state index contributed by atoms with van der Waals surface area (Å²) < 4.78 is 16.1. The lowest BCUT2D eigenvalue weighted by molar-refractivity contribution is 0.386. The molecule has 0 saturated carbocycles. The summed E-state index contributed by atoms with van der Waals surface area (Å²) in [5.74, 6) is 2.41. The van der Waals surface area contributed by atoms with E-state index in [4.69, 9.17) is 43.8 Å². The van der Waals surface area contributed by atoms with Crippen LogP contribution in [0.1, 0.15) is 5.56 Å². The van der Waals surface area contributed by atoms with E-state index < -0.39 is 0 Å². The van der Waals surface area contributed by atoms with Gasteiger partial charge in [0.15, 0.2) is 0 Å². The minimum absolute atomic E-state index is 0.245. The summed E-state index contributed by atoms with van der Waals surface area (Å²) in [6.45, 7) is 0. The molecule has 0 unspecified atom stereocenters. The van der Waals surface area contributed by atoms with E-state index in [1.165, 1.54) is 0 Å². The van der Waals surface area contributed by atoms with Gasteiger partial charge < -0.3 is 19.9 Å². The monoisotopic (exact) mass is 323 g/mol. The van der Waals surface area contributed by atoms with Crippen LogP contribution in [0, 0.1) is 0 Å². The highest BCUT2D eigenvalue weighted by molar-refractivity contribution is 7.80. The molecule has 0 amide bonds. The number of nitrogens with two attached hydrogens (primary N) is 1. The lowest BCUT2D eigenvalue weighted by Crippen LogP contribution is -2.09. The molecular formula is C15H14ClNO3S. The van der Waals surface area contributed by atoms with Crippen molar-refractivity contribution in [3.05, 3.63) is 47.0 Å². The normalized spacial score (nSPS) is 10.0. The fourth-order valence-electron chi connectivity index (χ4n) is 1.74. The zero-order valence-electron chi connectivity index (χ0n) is 11.6. The molecule has 0 radical (unpaired) electrons. The van der Waals surface area contributed by atoms with Crippen molar-refractivity contribution in [2.45, 2.75) is 0 Å². The van der Waals surface area contributed by atoms with Crippen LogP contribution in [0.15, 0.2) is 36.4 Å². The third-order valence-electron chi connectivity index (χ3n) is 2.77. The van der Waals surface area contributed by atoms with Crippen LogP contribution >= 0.6 is 23.8 Å². The van der Waals surface area contributed by atoms with Gasteiger partial charge in [-0.2, -0.15) is 0 Å². The fraction of sp³-hybridized carbons (Fsp3) is 0.133. The Bertz CT molecular complexity index is 654. The molecule has 0 aliphatic heterocycles. The number of rotatable bonds is 5. The molecule has 2 rings (SSSR count). The highest BCUT2D eigenvalue weighted by Crippen LogP contribution is 2.32. The Hall–Kier alpha value is -1.98. The number of benzene rings is 2. The lowest BCUT2D eigenvalue weighted by Gasteiger charge is -2.11. The maximum Gasteiger partial charge on any atom is 0.134 e. The molecule has 0 spiro atoms. The molecule has 0 atom stereocenters. The van der Waals surface area contributed by atoms with Crippen LogP contribution in [0.25, 0.3) is 0 Å². The largest absolute Gasteiger partial charge is 0.496 e. The molecule has 0 aliphatic rings. The van der Waals surface area contributed by atoms with Gasteiger partial charge in [-0.15, -0.1) is 0 Å². The minimum Gasteiger partial charge on any atom is -0.496 e. The first-order chi connectivity index (χ1) is 10.0. The smallest absolute Gasteiger partial charge is 0.134 e. The Balaban J connectivity index is 2.29. The molecule has 0 bridgehead atoms. The zero-order chi connectivity index (χ0) is 15.4. The predicted octanol–water partition coefficient (Wildman–Crippen LogP) is 3.78. The van der Waals surface area contributed by atoms with Gasteiger partial charge in [-0.05, 0) is 12.1 Å². The molecule has 0 aliphatic carbocycles. The molecule has 6 heteroatoms. The standard InChI is InChI=1S/C15H14ClNO3S/c1-18-10-5-11(19-2)7-12(6-10)20-9-3-4-13(15(17)21)14(16)8-9/h3-8H,1-2H3,(H2,17,21). The van der Waals surface area contributed by atoms with E-state index in [1.807, 2.05) is 0 Å². The van der Waals surface area contributed by atoms with Crippen molar-refractivity contribution in [3.8, 4) is 23.0 Å². The summed E-state index contributed by atoms with van der Waals surface area (Å²) in [6, 6.07) is 10.4. The van der Waals surface area contributed by atoms with Crippen molar-refractivity contribution in [2.24, 2.45) is 5.73 Å². The predicted molar refractivity (Wildman–Crippen MR) is 87.0 cm³/mol. The summed E-state index contributed by atoms with van der Waals surface area (Å²) in [7, 11) is 3.15. The second-order valence-corrected chi connectivity index (χ2v) is 5.00. The van der Waals surface area contributed by atoms with Crippen LogP contribution in [0.4, 0.5) is 0 Å². The number of halogens is 1. The van der Waals surface area contributed by atoms with E-state index in [9.17, 15) is 0 Å². The second-order valence-electron chi connectivity index (χ2n) is 4.16. The van der Waals surface area contributed by atoms with Gasteiger partial charge in [-0.1, -0.05) is 23.8 Å². The molecule has 0 saturated heterocycles. The van der Waals surface area contributed by atoms with E-state index in [-0.39, 0.29) is 4.99 Å². The van der Waals surface area contributed by atoms with E-state index in [1.54, 1.807) is 50.6 Å². The Morgan fingerprint density at radius 1 is 0.952 bits per heavy atom. The maximum atomic E-state index is 6.11. The first-order valence-electron chi connectivity index (χ1n) is 6.03. The lowest BCUT2D eigenvalue weighted by atomic mass is 10.2. The second kappa shape index (κ2) is 6.65. The molecule has 110 valence electrons. The first-order valence-corrected chi connectivity index (χ1v) is 6.82. The SMILES string of the molecule is COc1cc(OC)cc(Oc2ccc(C(N)=S)c(Cl)c2)c1. The van der Waals surface area contributed by atoms with Crippen LogP contribution in [0.5, 0.6) is 23.0 Å². The quantitative estimate of drug-likeness (QED) is 0.849. The minimum atomic E-state index is 0.245. The number of hydrogen-bond donors (Lipinski definition) is 1. The van der Waals surface area contributed by atoms with E-state index >= 15 is 0 Å². The number of hydrogen-bond acceptors (Lipinski definition) is 4. The Morgan fingerprint density at radius 3 is 2.00 bits per heavy atom. The van der Waals surface area contributed by atoms with Crippen LogP contribution in [-0.4, -0.2) is 19.2 Å².